The Morgan fingerprint density at radius 3 is 2.53 bits per heavy atom. The second-order valence-corrected chi connectivity index (χ2v) is 5.88. The minimum absolute atomic E-state index is 0.0616. The van der Waals surface area contributed by atoms with Gasteiger partial charge in [-0.25, -0.2) is 8.42 Å². The van der Waals surface area contributed by atoms with Gasteiger partial charge in [0, 0.05) is 33.0 Å². The molecule has 0 heterocycles. The van der Waals surface area contributed by atoms with Gasteiger partial charge in [0.05, 0.1) is 25.5 Å². The quantitative estimate of drug-likeness (QED) is 0.531. The zero-order valence-corrected chi connectivity index (χ0v) is 12.1. The number of hydrogen-bond acceptors (Lipinski definition) is 6. The van der Waals surface area contributed by atoms with Crippen LogP contribution in [0.15, 0.2) is 0 Å². The summed E-state index contributed by atoms with van der Waals surface area (Å²) in [5.41, 5.74) is 0. The first kappa shape index (κ1) is 17.8. The molecule has 0 atom stereocenters. The third-order valence-electron chi connectivity index (χ3n) is 2.42. The van der Waals surface area contributed by atoms with Crippen LogP contribution in [0.4, 0.5) is 0 Å². The van der Waals surface area contributed by atoms with Gasteiger partial charge in [0.25, 0.3) is 0 Å². The molecule has 0 saturated carbocycles. The van der Waals surface area contributed by atoms with Gasteiger partial charge < -0.3 is 9.47 Å². The van der Waals surface area contributed by atoms with Gasteiger partial charge in [-0.2, -0.15) is 9.57 Å². The first-order valence-electron chi connectivity index (χ1n) is 5.88. The molecule has 0 aromatic carbocycles. The molecule has 0 aliphatic rings. The van der Waals surface area contributed by atoms with Crippen molar-refractivity contribution in [3.05, 3.63) is 0 Å². The second-order valence-electron chi connectivity index (χ2n) is 3.80. The van der Waals surface area contributed by atoms with E-state index in [2.05, 4.69) is 4.74 Å². The van der Waals surface area contributed by atoms with Gasteiger partial charge in [-0.1, -0.05) is 0 Å². The number of carbonyl (C=O) groups is 1. The van der Waals surface area contributed by atoms with Crippen LogP contribution in [0.3, 0.4) is 0 Å². The molecule has 0 aromatic heterocycles. The van der Waals surface area contributed by atoms with Crippen LogP contribution in [0.25, 0.3) is 0 Å². The number of hydrogen-bond donors (Lipinski definition) is 0. The topological polar surface area (TPSA) is 96.7 Å². The monoisotopic (exact) mass is 292 g/mol. The van der Waals surface area contributed by atoms with E-state index in [0.717, 1.165) is 0 Å². The molecule has 110 valence electrons. The van der Waals surface area contributed by atoms with Crippen LogP contribution < -0.4 is 0 Å². The van der Waals surface area contributed by atoms with Crippen molar-refractivity contribution in [2.24, 2.45) is 0 Å². The summed E-state index contributed by atoms with van der Waals surface area (Å²) in [5.74, 6) is -0.576. The molecule has 0 spiro atoms. The number of esters is 1. The third-order valence-corrected chi connectivity index (χ3v) is 4.38. The van der Waals surface area contributed by atoms with Crippen LogP contribution >= 0.6 is 0 Å². The van der Waals surface area contributed by atoms with Crippen molar-refractivity contribution >= 4 is 16.0 Å². The van der Waals surface area contributed by atoms with E-state index < -0.39 is 16.0 Å². The maximum atomic E-state index is 12.0. The lowest BCUT2D eigenvalue weighted by molar-refractivity contribution is -0.140. The lowest BCUT2D eigenvalue weighted by Crippen LogP contribution is -2.36. The summed E-state index contributed by atoms with van der Waals surface area (Å²) in [7, 11) is -0.739. The molecule has 0 saturated heterocycles. The van der Waals surface area contributed by atoms with Crippen LogP contribution in [0, 0.1) is 11.3 Å². The largest absolute Gasteiger partial charge is 0.469 e. The van der Waals surface area contributed by atoms with Gasteiger partial charge >= 0.3 is 5.97 Å². The molecule has 0 unspecified atom stereocenters. The molecular weight excluding hydrogens is 272 g/mol. The average Bonchev–Trinajstić information content (AvgIpc) is 2.38. The van der Waals surface area contributed by atoms with Gasteiger partial charge in [-0.15, -0.1) is 0 Å². The van der Waals surface area contributed by atoms with Crippen molar-refractivity contribution in [3.63, 3.8) is 0 Å². The summed E-state index contributed by atoms with van der Waals surface area (Å²) >= 11 is 0. The fourth-order valence-corrected chi connectivity index (χ4v) is 2.88. The standard InChI is InChI=1S/C11H20N2O5S/c1-17-9-8-13(7-4-6-12)19(15,16)10-3-5-11(14)18-2/h3-5,7-10H2,1-2H3. The van der Waals surface area contributed by atoms with Crippen molar-refractivity contribution in [3.8, 4) is 6.07 Å². The van der Waals surface area contributed by atoms with E-state index in [0.29, 0.717) is 0 Å². The maximum absolute atomic E-state index is 12.0. The number of rotatable bonds is 10. The Morgan fingerprint density at radius 1 is 1.32 bits per heavy atom. The molecule has 0 aliphatic carbocycles. The molecule has 0 radical (unpaired) electrons. The van der Waals surface area contributed by atoms with Gasteiger partial charge in [-0.3, -0.25) is 4.79 Å². The highest BCUT2D eigenvalue weighted by Crippen LogP contribution is 2.06. The van der Waals surface area contributed by atoms with Crippen molar-refractivity contribution in [2.75, 3.05) is 39.7 Å². The highest BCUT2D eigenvalue weighted by Gasteiger charge is 2.21. The van der Waals surface area contributed by atoms with Crippen LogP contribution in [0.2, 0.25) is 0 Å². The van der Waals surface area contributed by atoms with E-state index in [9.17, 15) is 13.2 Å². The Balaban J connectivity index is 4.42. The highest BCUT2D eigenvalue weighted by molar-refractivity contribution is 7.89. The van der Waals surface area contributed by atoms with Gasteiger partial charge in [-0.05, 0) is 6.42 Å². The summed E-state index contributed by atoms with van der Waals surface area (Å²) in [6, 6.07) is 1.91. The Kier molecular flexibility index (Phi) is 9.12. The van der Waals surface area contributed by atoms with Gasteiger partial charge in [0.2, 0.25) is 10.0 Å². The summed E-state index contributed by atoms with van der Waals surface area (Å²) in [5, 5.41) is 8.52. The number of ether oxygens (including phenoxy) is 2. The number of carbonyl (C=O) groups excluding carboxylic acids is 1. The normalized spacial score (nSPS) is 11.3. The molecule has 0 N–H and O–H groups in total. The number of nitriles is 1. The molecule has 0 rings (SSSR count). The third kappa shape index (κ3) is 7.77. The van der Waals surface area contributed by atoms with E-state index in [1.807, 2.05) is 6.07 Å². The number of methoxy groups -OCH3 is 2. The molecule has 0 aliphatic heterocycles. The molecule has 0 amide bonds. The maximum Gasteiger partial charge on any atom is 0.305 e. The zero-order valence-electron chi connectivity index (χ0n) is 11.3. The first-order valence-corrected chi connectivity index (χ1v) is 7.49. The first-order chi connectivity index (χ1) is 8.97. The van der Waals surface area contributed by atoms with Gasteiger partial charge in [0.15, 0.2) is 0 Å². The lowest BCUT2D eigenvalue weighted by atomic mass is 10.3. The Morgan fingerprint density at radius 2 is 2.00 bits per heavy atom. The lowest BCUT2D eigenvalue weighted by Gasteiger charge is -2.20. The number of sulfonamides is 1. The Hall–Kier alpha value is -1.17. The molecule has 0 bridgehead atoms. The van der Waals surface area contributed by atoms with Crippen molar-refractivity contribution in [1.29, 1.82) is 5.26 Å². The van der Waals surface area contributed by atoms with Crippen LogP contribution in [-0.4, -0.2) is 58.4 Å². The zero-order chi connectivity index (χ0) is 14.7. The van der Waals surface area contributed by atoms with Crippen molar-refractivity contribution < 1.29 is 22.7 Å². The molecule has 0 aromatic rings. The van der Waals surface area contributed by atoms with Crippen LogP contribution in [-0.2, 0) is 24.3 Å². The summed E-state index contributed by atoms with van der Waals surface area (Å²) in [6.45, 7) is 0.612. The van der Waals surface area contributed by atoms with Crippen molar-refractivity contribution in [2.45, 2.75) is 19.3 Å². The summed E-state index contributed by atoms with van der Waals surface area (Å²) < 4.78 is 34.6. The molecule has 19 heavy (non-hydrogen) atoms. The van der Waals surface area contributed by atoms with E-state index in [4.69, 9.17) is 10.00 Å². The predicted molar refractivity (Wildman–Crippen MR) is 68.7 cm³/mol. The molecular formula is C11H20N2O5S. The highest BCUT2D eigenvalue weighted by atomic mass is 32.2. The smallest absolute Gasteiger partial charge is 0.305 e. The fourth-order valence-electron chi connectivity index (χ4n) is 1.39. The van der Waals surface area contributed by atoms with E-state index in [1.54, 1.807) is 0 Å². The van der Waals surface area contributed by atoms with Crippen molar-refractivity contribution in [1.82, 2.24) is 4.31 Å². The Labute approximate surface area is 114 Å². The number of nitrogens with zero attached hydrogens (tertiary/aromatic N) is 2. The average molecular weight is 292 g/mol. The molecule has 0 fully saturated rings. The minimum Gasteiger partial charge on any atom is -0.469 e. The predicted octanol–water partition coefficient (Wildman–Crippen LogP) is 0.131. The SMILES string of the molecule is COCCN(CCC#N)S(=O)(=O)CCCC(=O)OC. The molecule has 8 heteroatoms. The van der Waals surface area contributed by atoms with E-state index in [-0.39, 0.29) is 44.7 Å². The fraction of sp³-hybridized carbons (Fsp3) is 0.818. The van der Waals surface area contributed by atoms with Gasteiger partial charge in [0.1, 0.15) is 0 Å². The van der Waals surface area contributed by atoms with E-state index in [1.165, 1.54) is 18.5 Å². The van der Waals surface area contributed by atoms with Crippen LogP contribution in [0.5, 0.6) is 0 Å². The second kappa shape index (κ2) is 9.72. The Bertz CT molecular complexity index is 402. The summed E-state index contributed by atoms with van der Waals surface area (Å²) in [6.07, 6.45) is 0.386. The van der Waals surface area contributed by atoms with E-state index >= 15 is 0 Å². The van der Waals surface area contributed by atoms with Crippen LogP contribution in [0.1, 0.15) is 19.3 Å². The molecule has 7 nitrogen and oxygen atoms in total. The minimum atomic E-state index is -3.48. The summed E-state index contributed by atoms with van der Waals surface area (Å²) in [4.78, 5) is 10.9.